The summed E-state index contributed by atoms with van der Waals surface area (Å²) in [6, 6.07) is 7.13. The summed E-state index contributed by atoms with van der Waals surface area (Å²) in [6.07, 6.45) is 1.61. The van der Waals surface area contributed by atoms with Gasteiger partial charge in [0.05, 0.1) is 6.61 Å². The highest BCUT2D eigenvalue weighted by Crippen LogP contribution is 2.11. The van der Waals surface area contributed by atoms with Crippen molar-refractivity contribution < 1.29 is 19.4 Å². The zero-order chi connectivity index (χ0) is 14.3. The number of carbonyl (C=O) groups is 2. The van der Waals surface area contributed by atoms with E-state index in [1.165, 1.54) is 0 Å². The van der Waals surface area contributed by atoms with Crippen molar-refractivity contribution in [1.29, 1.82) is 0 Å². The van der Waals surface area contributed by atoms with Crippen molar-refractivity contribution >= 4 is 23.4 Å². The molecule has 0 aliphatic carbocycles. The summed E-state index contributed by atoms with van der Waals surface area (Å²) in [5.74, 6) is -1.88. The molecule has 1 aromatic rings. The Hall–Kier alpha value is -1.81. The molecule has 1 N–H and O–H groups in total. The van der Waals surface area contributed by atoms with E-state index in [9.17, 15) is 14.7 Å². The normalized spacial score (nSPS) is 11.2. The number of ketones is 1. The number of aliphatic hydroxyl groups is 1. The van der Waals surface area contributed by atoms with Crippen molar-refractivity contribution in [2.24, 2.45) is 0 Å². The molecule has 5 heteroatoms. The van der Waals surface area contributed by atoms with E-state index >= 15 is 0 Å². The average molecular weight is 283 g/mol. The second-order valence-corrected chi connectivity index (χ2v) is 4.28. The maximum absolute atomic E-state index is 11.5. The molecule has 102 valence electrons. The lowest BCUT2D eigenvalue weighted by atomic mass is 10.1. The number of esters is 1. The maximum Gasteiger partial charge on any atom is 0.373 e. The largest absolute Gasteiger partial charge is 0.502 e. The number of hydrogen-bond donors (Lipinski definition) is 1. The van der Waals surface area contributed by atoms with Gasteiger partial charge in [-0.3, -0.25) is 4.79 Å². The van der Waals surface area contributed by atoms with Crippen LogP contribution in [0.3, 0.4) is 0 Å². The minimum Gasteiger partial charge on any atom is -0.502 e. The second kappa shape index (κ2) is 7.59. The van der Waals surface area contributed by atoms with Gasteiger partial charge in [0, 0.05) is 17.5 Å². The Labute approximate surface area is 116 Å². The summed E-state index contributed by atoms with van der Waals surface area (Å²) in [4.78, 5) is 22.6. The number of halogens is 1. The molecule has 0 radical (unpaired) electrons. The van der Waals surface area contributed by atoms with Crippen molar-refractivity contribution in [3.8, 4) is 0 Å². The predicted octanol–water partition coefficient (Wildman–Crippen LogP) is 2.85. The first kappa shape index (κ1) is 15.2. The Balaban J connectivity index is 2.49. The summed E-state index contributed by atoms with van der Waals surface area (Å²) >= 11 is 5.75. The fraction of sp³-hybridized carbons (Fsp3) is 0.286. The highest BCUT2D eigenvalue weighted by atomic mass is 35.5. The molecule has 0 aromatic heterocycles. The molecule has 0 bridgehead atoms. The van der Waals surface area contributed by atoms with Gasteiger partial charge in [0.1, 0.15) is 0 Å². The number of rotatable bonds is 6. The van der Waals surface area contributed by atoms with Gasteiger partial charge in [-0.05, 0) is 31.0 Å². The zero-order valence-corrected chi connectivity index (χ0v) is 11.3. The molecule has 0 spiro atoms. The highest BCUT2D eigenvalue weighted by molar-refractivity contribution is 6.30. The number of aliphatic hydroxyl groups excluding tert-OH is 1. The first-order chi connectivity index (χ1) is 9.02. The first-order valence-electron chi connectivity index (χ1n) is 5.88. The summed E-state index contributed by atoms with van der Waals surface area (Å²) in [5, 5.41) is 9.94. The van der Waals surface area contributed by atoms with E-state index in [4.69, 9.17) is 11.6 Å². The summed E-state index contributed by atoms with van der Waals surface area (Å²) in [5.41, 5.74) is 0.960. The number of allylic oxidation sites excluding steroid dienone is 1. The Morgan fingerprint density at radius 3 is 2.53 bits per heavy atom. The fourth-order valence-electron chi connectivity index (χ4n) is 1.41. The van der Waals surface area contributed by atoms with Crippen molar-refractivity contribution in [2.45, 2.75) is 19.8 Å². The summed E-state index contributed by atoms with van der Waals surface area (Å²) < 4.78 is 4.56. The van der Waals surface area contributed by atoms with Crippen LogP contribution in [-0.2, 0) is 20.7 Å². The number of aryl methyl sites for hydroxylation is 1. The van der Waals surface area contributed by atoms with E-state index in [1.54, 1.807) is 19.1 Å². The molecule has 0 saturated carbocycles. The number of carbonyl (C=O) groups excluding carboxylic acids is 2. The van der Waals surface area contributed by atoms with Crippen LogP contribution >= 0.6 is 11.6 Å². The van der Waals surface area contributed by atoms with E-state index < -0.39 is 11.7 Å². The van der Waals surface area contributed by atoms with Gasteiger partial charge in [-0.25, -0.2) is 4.79 Å². The SMILES string of the molecule is CCOC(=O)/C(O)=C/C(=O)CCc1ccc(Cl)cc1. The van der Waals surface area contributed by atoms with Crippen LogP contribution in [0.5, 0.6) is 0 Å². The van der Waals surface area contributed by atoms with Crippen LogP contribution in [-0.4, -0.2) is 23.5 Å². The molecule has 1 rings (SSSR count). The molecule has 0 unspecified atom stereocenters. The van der Waals surface area contributed by atoms with Gasteiger partial charge in [-0.2, -0.15) is 0 Å². The van der Waals surface area contributed by atoms with E-state index in [1.807, 2.05) is 12.1 Å². The minimum absolute atomic E-state index is 0.149. The molecular formula is C14H15ClO4. The van der Waals surface area contributed by atoms with Crippen molar-refractivity contribution in [1.82, 2.24) is 0 Å². The molecular weight excluding hydrogens is 268 g/mol. The van der Waals surface area contributed by atoms with Crippen LogP contribution in [0, 0.1) is 0 Å². The van der Waals surface area contributed by atoms with Crippen LogP contribution in [0.25, 0.3) is 0 Å². The molecule has 1 aromatic carbocycles. The quantitative estimate of drug-likeness (QED) is 0.495. The molecule has 0 atom stereocenters. The summed E-state index contributed by atoms with van der Waals surface area (Å²) in [6.45, 7) is 1.77. The third-order valence-corrected chi connectivity index (χ3v) is 2.61. The molecule has 0 heterocycles. The predicted molar refractivity (Wildman–Crippen MR) is 72.1 cm³/mol. The topological polar surface area (TPSA) is 63.6 Å². The average Bonchev–Trinajstić information content (AvgIpc) is 2.38. The number of hydrogen-bond acceptors (Lipinski definition) is 4. The number of benzene rings is 1. The lowest BCUT2D eigenvalue weighted by molar-refractivity contribution is -0.141. The molecule has 4 nitrogen and oxygen atoms in total. The van der Waals surface area contributed by atoms with Gasteiger partial charge in [0.2, 0.25) is 5.76 Å². The Kier molecular flexibility index (Phi) is 6.09. The molecule has 0 saturated heterocycles. The fourth-order valence-corrected chi connectivity index (χ4v) is 1.53. The van der Waals surface area contributed by atoms with Crippen LogP contribution in [0.2, 0.25) is 5.02 Å². The highest BCUT2D eigenvalue weighted by Gasteiger charge is 2.10. The van der Waals surface area contributed by atoms with Gasteiger partial charge >= 0.3 is 5.97 Å². The van der Waals surface area contributed by atoms with Crippen LogP contribution in [0.4, 0.5) is 0 Å². The number of ether oxygens (including phenoxy) is 1. The lowest BCUT2D eigenvalue weighted by Crippen LogP contribution is -2.09. The monoisotopic (exact) mass is 282 g/mol. The van der Waals surface area contributed by atoms with E-state index in [-0.39, 0.29) is 18.8 Å². The zero-order valence-electron chi connectivity index (χ0n) is 10.6. The third kappa shape index (κ3) is 5.57. The smallest absolute Gasteiger partial charge is 0.373 e. The molecule has 0 amide bonds. The Morgan fingerprint density at radius 2 is 1.95 bits per heavy atom. The maximum atomic E-state index is 11.5. The van der Waals surface area contributed by atoms with Gasteiger partial charge < -0.3 is 9.84 Å². The Bertz CT molecular complexity index is 477. The molecule has 19 heavy (non-hydrogen) atoms. The minimum atomic E-state index is -0.887. The van der Waals surface area contributed by atoms with Crippen molar-refractivity contribution in [3.63, 3.8) is 0 Å². The standard InChI is InChI=1S/C14H15ClO4/c1-2-19-14(18)13(17)9-12(16)8-5-10-3-6-11(15)7-4-10/h3-4,6-7,9,17H,2,5,8H2,1H3/b13-9-. The molecule has 0 aliphatic heterocycles. The lowest BCUT2D eigenvalue weighted by Gasteiger charge is -2.01. The van der Waals surface area contributed by atoms with Gasteiger partial charge in [0.25, 0.3) is 0 Å². The first-order valence-corrected chi connectivity index (χ1v) is 6.25. The van der Waals surface area contributed by atoms with Crippen LogP contribution in [0.15, 0.2) is 36.1 Å². The van der Waals surface area contributed by atoms with Crippen molar-refractivity contribution in [3.05, 3.63) is 46.7 Å². The van der Waals surface area contributed by atoms with Gasteiger partial charge in [-0.1, -0.05) is 23.7 Å². The van der Waals surface area contributed by atoms with E-state index in [0.29, 0.717) is 11.4 Å². The molecule has 0 aliphatic rings. The summed E-state index contributed by atoms with van der Waals surface area (Å²) in [7, 11) is 0. The Morgan fingerprint density at radius 1 is 1.32 bits per heavy atom. The second-order valence-electron chi connectivity index (χ2n) is 3.84. The van der Waals surface area contributed by atoms with E-state index in [0.717, 1.165) is 11.6 Å². The van der Waals surface area contributed by atoms with E-state index in [2.05, 4.69) is 4.74 Å². The van der Waals surface area contributed by atoms with Crippen LogP contribution < -0.4 is 0 Å². The molecule has 0 fully saturated rings. The van der Waals surface area contributed by atoms with Gasteiger partial charge in [-0.15, -0.1) is 0 Å². The van der Waals surface area contributed by atoms with Crippen LogP contribution in [0.1, 0.15) is 18.9 Å². The van der Waals surface area contributed by atoms with Crippen molar-refractivity contribution in [2.75, 3.05) is 6.61 Å². The van der Waals surface area contributed by atoms with Gasteiger partial charge in [0.15, 0.2) is 5.78 Å². The third-order valence-electron chi connectivity index (χ3n) is 2.36.